The fraction of sp³-hybridized carbons (Fsp3) is 0.235. The third kappa shape index (κ3) is 4.94. The lowest BCUT2D eigenvalue weighted by atomic mass is 10.1. The summed E-state index contributed by atoms with van der Waals surface area (Å²) >= 11 is 12.0. The molecule has 2 amide bonds. The molecule has 5 nitrogen and oxygen atoms in total. The van der Waals surface area contributed by atoms with Gasteiger partial charge in [0.05, 0.1) is 14.2 Å². The molecule has 0 fully saturated rings. The Balaban J connectivity index is 1.87. The smallest absolute Gasteiger partial charge is 0.319 e. The van der Waals surface area contributed by atoms with Gasteiger partial charge in [0.1, 0.15) is 0 Å². The summed E-state index contributed by atoms with van der Waals surface area (Å²) in [7, 11) is 3.09. The average molecular weight is 369 g/mol. The van der Waals surface area contributed by atoms with E-state index >= 15 is 0 Å². The van der Waals surface area contributed by atoms with Gasteiger partial charge in [0, 0.05) is 28.3 Å². The van der Waals surface area contributed by atoms with Gasteiger partial charge in [-0.05, 0) is 36.2 Å². The minimum Gasteiger partial charge on any atom is -0.493 e. The lowest BCUT2D eigenvalue weighted by Gasteiger charge is -2.11. The van der Waals surface area contributed by atoms with Crippen LogP contribution in [0.4, 0.5) is 10.5 Å². The maximum Gasteiger partial charge on any atom is 0.319 e. The third-order valence-electron chi connectivity index (χ3n) is 3.34. The van der Waals surface area contributed by atoms with Gasteiger partial charge < -0.3 is 20.1 Å². The molecule has 128 valence electrons. The fourth-order valence-electron chi connectivity index (χ4n) is 2.12. The first-order chi connectivity index (χ1) is 11.5. The summed E-state index contributed by atoms with van der Waals surface area (Å²) in [6.45, 7) is 0.445. The minimum atomic E-state index is -0.313. The van der Waals surface area contributed by atoms with Crippen molar-refractivity contribution in [3.05, 3.63) is 52.0 Å². The first-order valence-electron chi connectivity index (χ1n) is 7.24. The van der Waals surface area contributed by atoms with E-state index in [0.29, 0.717) is 40.2 Å². The number of anilines is 1. The predicted molar refractivity (Wildman–Crippen MR) is 96.7 cm³/mol. The van der Waals surface area contributed by atoms with E-state index in [4.69, 9.17) is 32.7 Å². The number of rotatable bonds is 6. The molecule has 0 aliphatic carbocycles. The molecule has 2 rings (SSSR count). The second-order valence-electron chi connectivity index (χ2n) is 4.94. The number of benzene rings is 2. The molecule has 2 N–H and O–H groups in total. The normalized spacial score (nSPS) is 10.2. The number of nitrogens with one attached hydrogen (secondary N) is 2. The largest absolute Gasteiger partial charge is 0.493 e. The summed E-state index contributed by atoms with van der Waals surface area (Å²) in [5, 5.41) is 6.69. The van der Waals surface area contributed by atoms with Crippen LogP contribution >= 0.6 is 23.2 Å². The van der Waals surface area contributed by atoms with Crippen molar-refractivity contribution in [3.8, 4) is 11.5 Å². The van der Waals surface area contributed by atoms with Gasteiger partial charge in [-0.25, -0.2) is 4.79 Å². The second-order valence-corrected chi connectivity index (χ2v) is 5.78. The van der Waals surface area contributed by atoms with Crippen molar-refractivity contribution in [1.29, 1.82) is 0 Å². The highest BCUT2D eigenvalue weighted by atomic mass is 35.5. The van der Waals surface area contributed by atoms with Gasteiger partial charge in [0.2, 0.25) is 0 Å². The molecule has 0 heterocycles. The third-order valence-corrected chi connectivity index (χ3v) is 3.92. The van der Waals surface area contributed by atoms with Crippen LogP contribution in [-0.4, -0.2) is 26.8 Å². The topological polar surface area (TPSA) is 59.6 Å². The highest BCUT2D eigenvalue weighted by Crippen LogP contribution is 2.29. The molecule has 0 unspecified atom stereocenters. The molecular weight excluding hydrogens is 351 g/mol. The highest BCUT2D eigenvalue weighted by Gasteiger charge is 2.07. The zero-order chi connectivity index (χ0) is 17.5. The number of urea groups is 1. The molecule has 0 radical (unpaired) electrons. The Hall–Kier alpha value is -2.11. The number of hydrogen-bond donors (Lipinski definition) is 2. The molecule has 0 atom stereocenters. The van der Waals surface area contributed by atoms with Crippen molar-refractivity contribution in [3.63, 3.8) is 0 Å². The number of methoxy groups -OCH3 is 2. The number of ether oxygens (including phenoxy) is 2. The maximum absolute atomic E-state index is 11.9. The van der Waals surface area contributed by atoms with Crippen LogP contribution in [0, 0.1) is 0 Å². The Morgan fingerprint density at radius 1 is 1.04 bits per heavy atom. The van der Waals surface area contributed by atoms with E-state index in [9.17, 15) is 4.79 Å². The van der Waals surface area contributed by atoms with E-state index in [1.54, 1.807) is 37.4 Å². The van der Waals surface area contributed by atoms with Crippen molar-refractivity contribution in [2.24, 2.45) is 0 Å². The summed E-state index contributed by atoms with van der Waals surface area (Å²) in [5.41, 5.74) is 1.53. The Labute approximate surface area is 150 Å². The van der Waals surface area contributed by atoms with Gasteiger partial charge in [-0.15, -0.1) is 0 Å². The predicted octanol–water partition coefficient (Wildman–Crippen LogP) is 4.37. The Morgan fingerprint density at radius 3 is 2.46 bits per heavy atom. The van der Waals surface area contributed by atoms with E-state index in [1.807, 2.05) is 6.07 Å². The summed E-state index contributed by atoms with van der Waals surface area (Å²) < 4.78 is 10.4. The van der Waals surface area contributed by atoms with E-state index in [0.717, 1.165) is 5.56 Å². The summed E-state index contributed by atoms with van der Waals surface area (Å²) in [5.74, 6) is 1.14. The zero-order valence-electron chi connectivity index (χ0n) is 13.4. The summed E-state index contributed by atoms with van der Waals surface area (Å²) in [6.07, 6.45) is 0.607. The van der Waals surface area contributed by atoms with E-state index in [2.05, 4.69) is 10.6 Å². The van der Waals surface area contributed by atoms with Gasteiger partial charge in [-0.1, -0.05) is 29.3 Å². The van der Waals surface area contributed by atoms with Crippen LogP contribution in [0.5, 0.6) is 11.5 Å². The monoisotopic (exact) mass is 368 g/mol. The van der Waals surface area contributed by atoms with Crippen molar-refractivity contribution in [1.82, 2.24) is 5.32 Å². The number of hydrogen-bond acceptors (Lipinski definition) is 3. The van der Waals surface area contributed by atoms with Gasteiger partial charge in [0.25, 0.3) is 0 Å². The molecule has 2 aromatic carbocycles. The summed E-state index contributed by atoms with van der Waals surface area (Å²) in [6, 6.07) is 10.1. The van der Waals surface area contributed by atoms with E-state index in [1.165, 1.54) is 7.11 Å². The molecule has 0 saturated carbocycles. The van der Waals surface area contributed by atoms with Crippen LogP contribution in [-0.2, 0) is 6.42 Å². The molecule has 2 aromatic rings. The number of carbonyl (C=O) groups excluding carboxylic acids is 1. The second kappa shape index (κ2) is 8.66. The minimum absolute atomic E-state index is 0.313. The standard InChI is InChI=1S/C17H18Cl2N2O3/c1-23-15-6-5-13(10-16(15)24-2)21-17(22)20-8-7-11-3-4-12(18)9-14(11)19/h3-6,9-10H,7-8H2,1-2H3,(H2,20,21,22). The van der Waals surface area contributed by atoms with Gasteiger partial charge in [-0.2, -0.15) is 0 Å². The van der Waals surface area contributed by atoms with Gasteiger partial charge in [0.15, 0.2) is 11.5 Å². The van der Waals surface area contributed by atoms with Crippen molar-refractivity contribution in [2.75, 3.05) is 26.1 Å². The average Bonchev–Trinajstić information content (AvgIpc) is 2.56. The molecule has 0 aromatic heterocycles. The van der Waals surface area contributed by atoms with Crippen LogP contribution in [0.2, 0.25) is 10.0 Å². The van der Waals surface area contributed by atoms with Crippen LogP contribution in [0.25, 0.3) is 0 Å². The maximum atomic E-state index is 11.9. The Bertz CT molecular complexity index is 723. The molecule has 7 heteroatoms. The molecule has 0 bridgehead atoms. The van der Waals surface area contributed by atoms with Crippen LogP contribution in [0.1, 0.15) is 5.56 Å². The molecule has 0 aliphatic rings. The highest BCUT2D eigenvalue weighted by molar-refractivity contribution is 6.35. The SMILES string of the molecule is COc1ccc(NC(=O)NCCc2ccc(Cl)cc2Cl)cc1OC. The van der Waals surface area contributed by atoms with Crippen LogP contribution in [0.3, 0.4) is 0 Å². The zero-order valence-corrected chi connectivity index (χ0v) is 14.9. The fourth-order valence-corrected chi connectivity index (χ4v) is 2.63. The van der Waals surface area contributed by atoms with Crippen LogP contribution in [0.15, 0.2) is 36.4 Å². The lowest BCUT2D eigenvalue weighted by molar-refractivity contribution is 0.252. The molecule has 0 saturated heterocycles. The lowest BCUT2D eigenvalue weighted by Crippen LogP contribution is -2.30. The Morgan fingerprint density at radius 2 is 1.79 bits per heavy atom. The molecular formula is C17H18Cl2N2O3. The van der Waals surface area contributed by atoms with Gasteiger partial charge in [-0.3, -0.25) is 0 Å². The number of carbonyl (C=O) groups is 1. The number of halogens is 2. The molecule has 0 aliphatic heterocycles. The molecule has 0 spiro atoms. The summed E-state index contributed by atoms with van der Waals surface area (Å²) in [4.78, 5) is 11.9. The van der Waals surface area contributed by atoms with Crippen molar-refractivity contribution >= 4 is 34.9 Å². The van der Waals surface area contributed by atoms with E-state index < -0.39 is 0 Å². The quantitative estimate of drug-likeness (QED) is 0.795. The van der Waals surface area contributed by atoms with Crippen molar-refractivity contribution in [2.45, 2.75) is 6.42 Å². The number of amides is 2. The van der Waals surface area contributed by atoms with Crippen LogP contribution < -0.4 is 20.1 Å². The molecule has 24 heavy (non-hydrogen) atoms. The van der Waals surface area contributed by atoms with E-state index in [-0.39, 0.29) is 6.03 Å². The van der Waals surface area contributed by atoms with Gasteiger partial charge >= 0.3 is 6.03 Å². The van der Waals surface area contributed by atoms with Crippen molar-refractivity contribution < 1.29 is 14.3 Å². The first-order valence-corrected chi connectivity index (χ1v) is 8.00. The first kappa shape index (κ1) is 18.2. The Kier molecular flexibility index (Phi) is 6.58.